The van der Waals surface area contributed by atoms with E-state index in [4.69, 9.17) is 18.2 Å². The molecule has 55 heavy (non-hydrogen) atoms. The van der Waals surface area contributed by atoms with Crippen LogP contribution in [0.3, 0.4) is 0 Å². The van der Waals surface area contributed by atoms with Gasteiger partial charge in [-0.25, -0.2) is 4.98 Å². The maximum Gasteiger partial charge on any atom is 0.227 e. The standard InChI is InChI=1S/C49H29N3O3/c1-3-12-30(13-4-1)49-50-40-29-46-39(28-47(40)55-49)36-24-22-33(27-45(36)53-46)51(43-20-11-18-37-35-17-8-10-21-44(35)54-48(37)43)32-23-25-42-38(26-32)34-16-7-9-19-41(34)52(42)31-14-5-2-6-15-31/h1-29H. The first-order valence-electron chi connectivity index (χ1n) is 18.4. The highest BCUT2D eigenvalue weighted by atomic mass is 16.4. The lowest BCUT2D eigenvalue weighted by atomic mass is 10.1. The molecule has 0 aliphatic carbocycles. The van der Waals surface area contributed by atoms with Crippen LogP contribution in [0.2, 0.25) is 0 Å². The van der Waals surface area contributed by atoms with Crippen molar-refractivity contribution in [1.82, 2.24) is 9.55 Å². The largest absolute Gasteiger partial charge is 0.456 e. The van der Waals surface area contributed by atoms with E-state index in [9.17, 15) is 0 Å². The third kappa shape index (κ3) is 4.52. The Labute approximate surface area is 313 Å². The number of rotatable bonds is 5. The molecule has 0 saturated heterocycles. The highest BCUT2D eigenvalue weighted by Gasteiger charge is 2.23. The van der Waals surface area contributed by atoms with E-state index in [1.807, 2.05) is 54.6 Å². The zero-order chi connectivity index (χ0) is 36.0. The summed E-state index contributed by atoms with van der Waals surface area (Å²) in [6.07, 6.45) is 0. The van der Waals surface area contributed by atoms with Gasteiger partial charge in [-0.2, -0.15) is 0 Å². The molecule has 0 spiro atoms. The SMILES string of the molecule is c1ccc(-c2nc3cc4oc5cc(N(c6ccc7c(c6)c6ccccc6n7-c6ccccc6)c6cccc7c6oc6ccccc67)ccc5c4cc3o2)cc1. The van der Waals surface area contributed by atoms with Crippen molar-refractivity contribution in [2.24, 2.45) is 0 Å². The fraction of sp³-hybridized carbons (Fsp3) is 0. The summed E-state index contributed by atoms with van der Waals surface area (Å²) in [4.78, 5) is 7.08. The van der Waals surface area contributed by atoms with E-state index >= 15 is 0 Å². The van der Waals surface area contributed by atoms with E-state index in [2.05, 4.69) is 131 Å². The maximum absolute atomic E-state index is 6.65. The van der Waals surface area contributed by atoms with Crippen LogP contribution in [0.25, 0.3) is 93.9 Å². The van der Waals surface area contributed by atoms with Crippen LogP contribution < -0.4 is 4.90 Å². The van der Waals surface area contributed by atoms with Gasteiger partial charge in [0.15, 0.2) is 11.2 Å². The second-order valence-electron chi connectivity index (χ2n) is 14.0. The summed E-state index contributed by atoms with van der Waals surface area (Å²) >= 11 is 0. The van der Waals surface area contributed by atoms with Crippen LogP contribution in [0.4, 0.5) is 17.1 Å². The smallest absolute Gasteiger partial charge is 0.227 e. The second kappa shape index (κ2) is 11.5. The number of aromatic nitrogens is 2. The average molecular weight is 708 g/mol. The van der Waals surface area contributed by atoms with Gasteiger partial charge in [-0.3, -0.25) is 0 Å². The van der Waals surface area contributed by atoms with Gasteiger partial charge in [-0.05, 0) is 78.9 Å². The van der Waals surface area contributed by atoms with E-state index in [-0.39, 0.29) is 0 Å². The minimum atomic E-state index is 0.592. The van der Waals surface area contributed by atoms with Gasteiger partial charge < -0.3 is 22.7 Å². The van der Waals surface area contributed by atoms with Crippen molar-refractivity contribution in [2.75, 3.05) is 4.90 Å². The molecule has 4 aromatic heterocycles. The van der Waals surface area contributed by atoms with Gasteiger partial charge in [-0.15, -0.1) is 0 Å². The Morgan fingerprint density at radius 3 is 2.00 bits per heavy atom. The highest BCUT2D eigenvalue weighted by molar-refractivity contribution is 6.14. The number of nitrogens with zero attached hydrogens (tertiary/aromatic N) is 3. The first kappa shape index (κ1) is 29.9. The third-order valence-corrected chi connectivity index (χ3v) is 10.8. The number of hydrogen-bond donors (Lipinski definition) is 0. The van der Waals surface area contributed by atoms with Gasteiger partial charge >= 0.3 is 0 Å². The van der Waals surface area contributed by atoms with E-state index < -0.39 is 0 Å². The molecular formula is C49H29N3O3. The van der Waals surface area contributed by atoms with Gasteiger partial charge in [0, 0.05) is 61.4 Å². The quantitative estimate of drug-likeness (QED) is 0.178. The topological polar surface area (TPSA) is 60.5 Å². The summed E-state index contributed by atoms with van der Waals surface area (Å²) in [5, 5.41) is 6.48. The van der Waals surface area contributed by atoms with Gasteiger partial charge in [-0.1, -0.05) is 84.9 Å². The number of anilines is 3. The molecule has 0 aliphatic heterocycles. The van der Waals surface area contributed by atoms with E-state index in [0.717, 1.165) is 99.7 Å². The van der Waals surface area contributed by atoms with Crippen molar-refractivity contribution in [2.45, 2.75) is 0 Å². The number of fused-ring (bicyclic) bond motifs is 10. The van der Waals surface area contributed by atoms with Crippen LogP contribution in [-0.2, 0) is 0 Å². The van der Waals surface area contributed by atoms with Crippen molar-refractivity contribution in [3.8, 4) is 17.1 Å². The normalized spacial score (nSPS) is 12.0. The number of para-hydroxylation sites is 4. The Morgan fingerprint density at radius 2 is 1.11 bits per heavy atom. The van der Waals surface area contributed by atoms with Crippen LogP contribution in [0.1, 0.15) is 0 Å². The summed E-state index contributed by atoms with van der Waals surface area (Å²) < 4.78 is 21.9. The molecule has 0 fully saturated rings. The van der Waals surface area contributed by atoms with Crippen LogP contribution in [-0.4, -0.2) is 9.55 Å². The molecule has 0 aliphatic rings. The van der Waals surface area contributed by atoms with Crippen molar-refractivity contribution < 1.29 is 13.3 Å². The van der Waals surface area contributed by atoms with Gasteiger partial charge in [0.25, 0.3) is 0 Å². The summed E-state index contributed by atoms with van der Waals surface area (Å²) in [7, 11) is 0. The zero-order valence-corrected chi connectivity index (χ0v) is 29.3. The van der Waals surface area contributed by atoms with Crippen molar-refractivity contribution in [1.29, 1.82) is 0 Å². The summed E-state index contributed by atoms with van der Waals surface area (Å²) in [5.74, 6) is 0.592. The molecule has 12 aromatic rings. The molecule has 0 saturated carbocycles. The number of hydrogen-bond acceptors (Lipinski definition) is 5. The predicted molar refractivity (Wildman–Crippen MR) is 223 cm³/mol. The number of furan rings is 2. The first-order chi connectivity index (χ1) is 27.2. The van der Waals surface area contributed by atoms with E-state index in [0.29, 0.717) is 5.89 Å². The van der Waals surface area contributed by atoms with Crippen molar-refractivity contribution in [3.63, 3.8) is 0 Å². The maximum atomic E-state index is 6.65. The van der Waals surface area contributed by atoms with E-state index in [1.165, 1.54) is 5.39 Å². The summed E-state index contributed by atoms with van der Waals surface area (Å²) in [6, 6.07) is 60.9. The summed E-state index contributed by atoms with van der Waals surface area (Å²) in [6.45, 7) is 0. The fourth-order valence-corrected chi connectivity index (χ4v) is 8.32. The Kier molecular flexibility index (Phi) is 6.24. The molecule has 6 nitrogen and oxygen atoms in total. The van der Waals surface area contributed by atoms with E-state index in [1.54, 1.807) is 0 Å². The van der Waals surface area contributed by atoms with Crippen LogP contribution in [0, 0.1) is 0 Å². The monoisotopic (exact) mass is 707 g/mol. The predicted octanol–water partition coefficient (Wildman–Crippen LogP) is 13.9. The molecule has 0 unspecified atom stereocenters. The Bertz CT molecular complexity index is 3440. The minimum Gasteiger partial charge on any atom is -0.456 e. The summed E-state index contributed by atoms with van der Waals surface area (Å²) in [5.41, 5.74) is 11.9. The molecule has 0 bridgehead atoms. The average Bonchev–Trinajstić information content (AvgIpc) is 4.01. The molecule has 0 N–H and O–H groups in total. The minimum absolute atomic E-state index is 0.592. The lowest BCUT2D eigenvalue weighted by Gasteiger charge is -2.25. The first-order valence-corrected chi connectivity index (χ1v) is 18.4. The van der Waals surface area contributed by atoms with Crippen LogP contribution >= 0.6 is 0 Å². The van der Waals surface area contributed by atoms with Gasteiger partial charge in [0.05, 0.1) is 22.4 Å². The van der Waals surface area contributed by atoms with Gasteiger partial charge in [0.1, 0.15) is 22.3 Å². The molecule has 12 rings (SSSR count). The Morgan fingerprint density at radius 1 is 0.418 bits per heavy atom. The van der Waals surface area contributed by atoms with Crippen molar-refractivity contribution >= 4 is 93.8 Å². The van der Waals surface area contributed by atoms with Gasteiger partial charge in [0.2, 0.25) is 5.89 Å². The fourth-order valence-electron chi connectivity index (χ4n) is 8.32. The molecule has 0 radical (unpaired) electrons. The molecule has 0 atom stereocenters. The highest BCUT2D eigenvalue weighted by Crippen LogP contribution is 2.45. The molecule has 258 valence electrons. The lowest BCUT2D eigenvalue weighted by Crippen LogP contribution is -2.10. The molecular weight excluding hydrogens is 679 g/mol. The second-order valence-corrected chi connectivity index (χ2v) is 14.0. The molecule has 0 amide bonds. The molecule has 4 heterocycles. The number of oxazole rings is 1. The van der Waals surface area contributed by atoms with Crippen LogP contribution in [0.5, 0.6) is 0 Å². The molecule has 8 aromatic carbocycles. The Hall–Kier alpha value is -7.57. The third-order valence-electron chi connectivity index (χ3n) is 10.8. The molecule has 6 heteroatoms. The lowest BCUT2D eigenvalue weighted by molar-refractivity contribution is 0.620. The number of benzene rings is 8. The Balaban J connectivity index is 1.08. The van der Waals surface area contributed by atoms with Crippen LogP contribution in [0.15, 0.2) is 189 Å². The van der Waals surface area contributed by atoms with Crippen molar-refractivity contribution in [3.05, 3.63) is 176 Å². The zero-order valence-electron chi connectivity index (χ0n) is 29.3.